The number of hydrogen-bond acceptors (Lipinski definition) is 4. The van der Waals surface area contributed by atoms with Gasteiger partial charge in [0, 0.05) is 36.9 Å². The lowest BCUT2D eigenvalue weighted by Crippen LogP contribution is -2.49. The van der Waals surface area contributed by atoms with Crippen LogP contribution in [0.1, 0.15) is 38.7 Å². The number of ether oxygens (including phenoxy) is 2. The number of para-hydroxylation sites is 1. The molecule has 0 radical (unpaired) electrons. The van der Waals surface area contributed by atoms with Gasteiger partial charge in [0.2, 0.25) is 5.91 Å². The Hall–Kier alpha value is -1.59. The molecule has 5 heteroatoms. The predicted octanol–water partition coefficient (Wildman–Crippen LogP) is 2.30. The third-order valence-electron chi connectivity index (χ3n) is 5.19. The van der Waals surface area contributed by atoms with Crippen LogP contribution in [0.5, 0.6) is 5.75 Å². The molecule has 132 valence electrons. The lowest BCUT2D eigenvalue weighted by molar-refractivity contribution is -0.133. The van der Waals surface area contributed by atoms with Crippen LogP contribution in [0.4, 0.5) is 0 Å². The Morgan fingerprint density at radius 2 is 1.92 bits per heavy atom. The lowest BCUT2D eigenvalue weighted by Gasteiger charge is -2.33. The van der Waals surface area contributed by atoms with E-state index >= 15 is 0 Å². The third kappa shape index (κ3) is 3.42. The molecule has 0 spiro atoms. The van der Waals surface area contributed by atoms with E-state index in [9.17, 15) is 4.79 Å². The smallest absolute Gasteiger partial charge is 0.240 e. The molecule has 3 rings (SSSR count). The van der Waals surface area contributed by atoms with E-state index in [4.69, 9.17) is 9.47 Å². The highest BCUT2D eigenvalue weighted by Gasteiger charge is 2.39. The Kier molecular flexibility index (Phi) is 5.11. The number of nitrogens with zero attached hydrogens (tertiary/aromatic N) is 1. The largest absolute Gasteiger partial charge is 0.496 e. The van der Waals surface area contributed by atoms with Gasteiger partial charge in [0.1, 0.15) is 5.75 Å². The quantitative estimate of drug-likeness (QED) is 0.899. The predicted molar refractivity (Wildman–Crippen MR) is 93.1 cm³/mol. The zero-order valence-electron chi connectivity index (χ0n) is 14.9. The molecule has 1 aromatic carbocycles. The second-order valence-electron chi connectivity index (χ2n) is 7.19. The lowest BCUT2D eigenvalue weighted by atomic mass is 9.92. The molecule has 1 amide bonds. The van der Waals surface area contributed by atoms with Crippen molar-refractivity contribution in [1.82, 2.24) is 10.2 Å². The molecule has 0 aliphatic carbocycles. The average Bonchev–Trinajstić information content (AvgIpc) is 2.95. The minimum absolute atomic E-state index is 0.132. The first-order valence-corrected chi connectivity index (χ1v) is 8.82. The number of carbonyl (C=O) groups excluding carboxylic acids is 1. The standard InChI is InChI=1S/C19H28N2O3/c1-19(2,15-6-4-5-7-17(15)23-3)20-16-8-11-21(18(16)22)14-9-12-24-13-10-14/h4-7,14,16,20H,8-13H2,1-3H3. The van der Waals surface area contributed by atoms with Gasteiger partial charge in [0.15, 0.2) is 0 Å². The van der Waals surface area contributed by atoms with Gasteiger partial charge in [0.25, 0.3) is 0 Å². The molecule has 1 atom stereocenters. The second kappa shape index (κ2) is 7.11. The van der Waals surface area contributed by atoms with E-state index in [0.717, 1.165) is 50.3 Å². The minimum Gasteiger partial charge on any atom is -0.496 e. The maximum atomic E-state index is 12.9. The monoisotopic (exact) mass is 332 g/mol. The van der Waals surface area contributed by atoms with E-state index < -0.39 is 0 Å². The molecule has 2 fully saturated rings. The van der Waals surface area contributed by atoms with Crippen LogP contribution in [0.25, 0.3) is 0 Å². The van der Waals surface area contributed by atoms with Gasteiger partial charge in [0.05, 0.1) is 13.2 Å². The van der Waals surface area contributed by atoms with Crippen LogP contribution in [-0.4, -0.2) is 49.8 Å². The summed E-state index contributed by atoms with van der Waals surface area (Å²) < 4.78 is 10.9. The van der Waals surface area contributed by atoms with Crippen LogP contribution < -0.4 is 10.1 Å². The van der Waals surface area contributed by atoms with Crippen molar-refractivity contribution in [1.29, 1.82) is 0 Å². The summed E-state index contributed by atoms with van der Waals surface area (Å²) >= 11 is 0. The molecule has 2 aliphatic rings. The summed E-state index contributed by atoms with van der Waals surface area (Å²) in [6.07, 6.45) is 2.76. The third-order valence-corrected chi connectivity index (χ3v) is 5.19. The number of hydrogen-bond donors (Lipinski definition) is 1. The topological polar surface area (TPSA) is 50.8 Å². The summed E-state index contributed by atoms with van der Waals surface area (Å²) in [6.45, 7) is 6.58. The highest BCUT2D eigenvalue weighted by Crippen LogP contribution is 2.31. The first-order valence-electron chi connectivity index (χ1n) is 8.82. The van der Waals surface area contributed by atoms with Gasteiger partial charge in [-0.3, -0.25) is 10.1 Å². The van der Waals surface area contributed by atoms with E-state index in [1.54, 1.807) is 7.11 Å². The Balaban J connectivity index is 1.70. The number of benzene rings is 1. The van der Waals surface area contributed by atoms with Gasteiger partial charge >= 0.3 is 0 Å². The SMILES string of the molecule is COc1ccccc1C(C)(C)NC1CCN(C2CCOCC2)C1=O. The zero-order valence-corrected chi connectivity index (χ0v) is 14.9. The highest BCUT2D eigenvalue weighted by atomic mass is 16.5. The van der Waals surface area contributed by atoms with Crippen LogP contribution in [0.15, 0.2) is 24.3 Å². The van der Waals surface area contributed by atoms with Crippen LogP contribution in [0.2, 0.25) is 0 Å². The molecule has 0 bridgehead atoms. The fourth-order valence-corrected chi connectivity index (χ4v) is 3.87. The molecule has 0 saturated carbocycles. The van der Waals surface area contributed by atoms with Crippen molar-refractivity contribution in [3.63, 3.8) is 0 Å². The van der Waals surface area contributed by atoms with Gasteiger partial charge in [-0.05, 0) is 39.2 Å². The van der Waals surface area contributed by atoms with Crippen molar-refractivity contribution in [3.8, 4) is 5.75 Å². The minimum atomic E-state index is -0.335. The van der Waals surface area contributed by atoms with Crippen LogP contribution in [-0.2, 0) is 15.1 Å². The van der Waals surface area contributed by atoms with E-state index in [2.05, 4.69) is 30.1 Å². The molecule has 2 heterocycles. The fraction of sp³-hybridized carbons (Fsp3) is 0.632. The number of nitrogens with one attached hydrogen (secondary N) is 1. The Bertz CT molecular complexity index is 582. The molecule has 1 N–H and O–H groups in total. The highest BCUT2D eigenvalue weighted by molar-refractivity contribution is 5.84. The molecule has 2 aliphatic heterocycles. The van der Waals surface area contributed by atoms with E-state index in [1.807, 2.05) is 18.2 Å². The van der Waals surface area contributed by atoms with Crippen LogP contribution in [0, 0.1) is 0 Å². The molecular formula is C19H28N2O3. The van der Waals surface area contributed by atoms with Gasteiger partial charge in [-0.15, -0.1) is 0 Å². The molecular weight excluding hydrogens is 304 g/mol. The summed E-state index contributed by atoms with van der Waals surface area (Å²) in [5.41, 5.74) is 0.739. The zero-order chi connectivity index (χ0) is 17.2. The maximum Gasteiger partial charge on any atom is 0.240 e. The van der Waals surface area contributed by atoms with E-state index in [0.29, 0.717) is 6.04 Å². The van der Waals surface area contributed by atoms with E-state index in [1.165, 1.54) is 0 Å². The molecule has 0 aromatic heterocycles. The molecule has 2 saturated heterocycles. The van der Waals surface area contributed by atoms with E-state index in [-0.39, 0.29) is 17.5 Å². The first kappa shape index (κ1) is 17.2. The number of methoxy groups -OCH3 is 1. The summed E-state index contributed by atoms with van der Waals surface area (Å²) in [4.78, 5) is 14.9. The summed E-state index contributed by atoms with van der Waals surface area (Å²) in [5, 5.41) is 3.56. The summed E-state index contributed by atoms with van der Waals surface area (Å²) in [7, 11) is 1.68. The Morgan fingerprint density at radius 1 is 1.21 bits per heavy atom. The number of carbonyl (C=O) groups is 1. The molecule has 24 heavy (non-hydrogen) atoms. The maximum absolute atomic E-state index is 12.9. The van der Waals surface area contributed by atoms with Crippen molar-refractivity contribution in [2.75, 3.05) is 26.9 Å². The van der Waals surface area contributed by atoms with Gasteiger partial charge in [-0.2, -0.15) is 0 Å². The molecule has 1 aromatic rings. The number of amides is 1. The van der Waals surface area contributed by atoms with Gasteiger partial charge in [-0.25, -0.2) is 0 Å². The number of likely N-dealkylation sites (tertiary alicyclic amines) is 1. The van der Waals surface area contributed by atoms with Crippen LogP contribution in [0.3, 0.4) is 0 Å². The molecule has 1 unspecified atom stereocenters. The Morgan fingerprint density at radius 3 is 2.62 bits per heavy atom. The van der Waals surface area contributed by atoms with Gasteiger partial charge < -0.3 is 14.4 Å². The van der Waals surface area contributed by atoms with Crippen molar-refractivity contribution >= 4 is 5.91 Å². The van der Waals surface area contributed by atoms with Gasteiger partial charge in [-0.1, -0.05) is 18.2 Å². The number of rotatable bonds is 5. The van der Waals surface area contributed by atoms with Crippen LogP contribution >= 0.6 is 0 Å². The summed E-state index contributed by atoms with van der Waals surface area (Å²) in [6, 6.07) is 8.20. The Labute approximate surface area is 144 Å². The van der Waals surface area contributed by atoms with Crippen molar-refractivity contribution < 1.29 is 14.3 Å². The second-order valence-corrected chi connectivity index (χ2v) is 7.19. The fourth-order valence-electron chi connectivity index (χ4n) is 3.87. The van der Waals surface area contributed by atoms with Crippen molar-refractivity contribution in [3.05, 3.63) is 29.8 Å². The summed E-state index contributed by atoms with van der Waals surface area (Å²) in [5.74, 6) is 1.08. The first-order chi connectivity index (χ1) is 11.5. The van der Waals surface area contributed by atoms with Crippen molar-refractivity contribution in [2.24, 2.45) is 0 Å². The molecule has 5 nitrogen and oxygen atoms in total. The normalized spacial score (nSPS) is 22.9. The van der Waals surface area contributed by atoms with Crippen molar-refractivity contribution in [2.45, 2.75) is 50.7 Å². The average molecular weight is 332 g/mol.